The first-order chi connectivity index (χ1) is 7.17. The summed E-state index contributed by atoms with van der Waals surface area (Å²) in [4.78, 5) is 0. The molecule has 0 spiro atoms. The number of aryl methyl sites for hydroxylation is 1. The first-order valence-electron chi connectivity index (χ1n) is 5.99. The highest BCUT2D eigenvalue weighted by Gasteiger charge is 2.46. The van der Waals surface area contributed by atoms with E-state index in [2.05, 4.69) is 25.2 Å². The Balaban J connectivity index is 1.74. The van der Waals surface area contributed by atoms with Crippen molar-refractivity contribution >= 4 is 0 Å². The minimum atomic E-state index is 0.515. The maximum atomic E-state index is 5.50. The molecule has 82 valence electrons. The minimum absolute atomic E-state index is 0.515. The molecule has 0 bridgehead atoms. The van der Waals surface area contributed by atoms with Crippen LogP contribution in [0.25, 0.3) is 0 Å². The van der Waals surface area contributed by atoms with Gasteiger partial charge >= 0.3 is 0 Å². The molecular formula is C13H19NO. The normalized spacial score (nSPS) is 32.4. The Labute approximate surface area is 91.0 Å². The van der Waals surface area contributed by atoms with E-state index in [0.717, 1.165) is 6.42 Å². The van der Waals surface area contributed by atoms with Crippen LogP contribution in [0, 0.1) is 5.41 Å². The highest BCUT2D eigenvalue weighted by Crippen LogP contribution is 2.46. The summed E-state index contributed by atoms with van der Waals surface area (Å²) < 4.78 is 5.50. The van der Waals surface area contributed by atoms with Gasteiger partial charge in [0.15, 0.2) is 0 Å². The largest absolute Gasteiger partial charge is 0.469 e. The Morgan fingerprint density at radius 3 is 3.00 bits per heavy atom. The number of nitrogens with one attached hydrogen (secondary N) is 1. The summed E-state index contributed by atoms with van der Waals surface area (Å²) in [5.74, 6) is 1.21. The van der Waals surface area contributed by atoms with Crippen LogP contribution in [0.4, 0.5) is 0 Å². The standard InChI is InChI=1S/C13H19NO/c1-13(2)8-12(13)14-10-4-3-5-11-9(10)6-7-15-11/h6-7,10,12,14H,3-5,8H2,1-2H3. The number of hydrogen-bond acceptors (Lipinski definition) is 2. The van der Waals surface area contributed by atoms with Crippen LogP contribution >= 0.6 is 0 Å². The second kappa shape index (κ2) is 3.11. The summed E-state index contributed by atoms with van der Waals surface area (Å²) in [5.41, 5.74) is 1.92. The summed E-state index contributed by atoms with van der Waals surface area (Å²) in [6.07, 6.45) is 6.79. The zero-order valence-corrected chi connectivity index (χ0v) is 9.55. The van der Waals surface area contributed by atoms with Crippen molar-refractivity contribution in [3.05, 3.63) is 23.7 Å². The van der Waals surface area contributed by atoms with Gasteiger partial charge in [0.25, 0.3) is 0 Å². The van der Waals surface area contributed by atoms with Gasteiger partial charge in [-0.25, -0.2) is 0 Å². The third-order valence-electron chi connectivity index (χ3n) is 3.97. The molecule has 3 rings (SSSR count). The molecule has 1 heterocycles. The Morgan fingerprint density at radius 2 is 2.27 bits per heavy atom. The lowest BCUT2D eigenvalue weighted by Gasteiger charge is -2.23. The molecule has 0 aliphatic heterocycles. The Morgan fingerprint density at radius 1 is 1.47 bits per heavy atom. The average Bonchev–Trinajstić information content (AvgIpc) is 2.66. The van der Waals surface area contributed by atoms with Crippen molar-refractivity contribution in [1.82, 2.24) is 5.32 Å². The molecule has 0 saturated heterocycles. The molecule has 2 unspecified atom stereocenters. The molecule has 0 aromatic carbocycles. The van der Waals surface area contributed by atoms with Gasteiger partial charge in [0, 0.05) is 24.1 Å². The predicted octanol–water partition coefficient (Wildman–Crippen LogP) is 3.05. The molecule has 1 fully saturated rings. The van der Waals surface area contributed by atoms with Crippen LogP contribution in [0.2, 0.25) is 0 Å². The molecular weight excluding hydrogens is 186 g/mol. The topological polar surface area (TPSA) is 25.2 Å². The number of rotatable bonds is 2. The molecule has 1 aromatic rings. The molecule has 1 N–H and O–H groups in total. The number of hydrogen-bond donors (Lipinski definition) is 1. The predicted molar refractivity (Wildman–Crippen MR) is 59.7 cm³/mol. The van der Waals surface area contributed by atoms with Gasteiger partial charge in [-0.1, -0.05) is 13.8 Å². The van der Waals surface area contributed by atoms with Crippen molar-refractivity contribution < 1.29 is 4.42 Å². The summed E-state index contributed by atoms with van der Waals surface area (Å²) >= 11 is 0. The van der Waals surface area contributed by atoms with Crippen LogP contribution in [0.3, 0.4) is 0 Å². The summed E-state index contributed by atoms with van der Waals surface area (Å²) in [6.45, 7) is 4.67. The lowest BCUT2D eigenvalue weighted by Crippen LogP contribution is -2.28. The van der Waals surface area contributed by atoms with Crippen molar-refractivity contribution in [1.29, 1.82) is 0 Å². The maximum Gasteiger partial charge on any atom is 0.108 e. The third kappa shape index (κ3) is 1.61. The van der Waals surface area contributed by atoms with Crippen molar-refractivity contribution in [2.45, 2.75) is 51.6 Å². The van der Waals surface area contributed by atoms with Crippen molar-refractivity contribution in [3.63, 3.8) is 0 Å². The van der Waals surface area contributed by atoms with E-state index >= 15 is 0 Å². The van der Waals surface area contributed by atoms with Gasteiger partial charge in [0.05, 0.1) is 6.26 Å². The van der Waals surface area contributed by atoms with Crippen LogP contribution in [-0.4, -0.2) is 6.04 Å². The molecule has 2 aliphatic carbocycles. The van der Waals surface area contributed by atoms with Gasteiger partial charge < -0.3 is 9.73 Å². The Hall–Kier alpha value is -0.760. The monoisotopic (exact) mass is 205 g/mol. The van der Waals surface area contributed by atoms with E-state index in [1.165, 1.54) is 30.6 Å². The Kier molecular flexibility index (Phi) is 1.96. The molecule has 2 nitrogen and oxygen atoms in total. The smallest absolute Gasteiger partial charge is 0.108 e. The highest BCUT2D eigenvalue weighted by molar-refractivity contribution is 5.25. The van der Waals surface area contributed by atoms with Crippen LogP contribution in [0.1, 0.15) is 50.5 Å². The van der Waals surface area contributed by atoms with Gasteiger partial charge in [-0.3, -0.25) is 0 Å². The Bertz CT molecular complexity index is 366. The van der Waals surface area contributed by atoms with Crippen molar-refractivity contribution in [2.24, 2.45) is 5.41 Å². The second-order valence-electron chi connectivity index (χ2n) is 5.66. The van der Waals surface area contributed by atoms with Crippen LogP contribution in [-0.2, 0) is 6.42 Å². The summed E-state index contributed by atoms with van der Waals surface area (Å²) in [7, 11) is 0. The van der Waals surface area contributed by atoms with E-state index in [9.17, 15) is 0 Å². The van der Waals surface area contributed by atoms with Gasteiger partial charge in [-0.05, 0) is 30.7 Å². The lowest BCUT2D eigenvalue weighted by molar-refractivity contribution is 0.393. The quantitative estimate of drug-likeness (QED) is 0.802. The molecule has 2 aliphatic rings. The average molecular weight is 205 g/mol. The molecule has 15 heavy (non-hydrogen) atoms. The fourth-order valence-corrected chi connectivity index (χ4v) is 2.65. The molecule has 0 amide bonds. The van der Waals surface area contributed by atoms with E-state index in [1.54, 1.807) is 0 Å². The SMILES string of the molecule is CC1(C)CC1NC1CCCc2occc21. The van der Waals surface area contributed by atoms with Gasteiger partial charge in [-0.2, -0.15) is 0 Å². The van der Waals surface area contributed by atoms with Crippen molar-refractivity contribution in [2.75, 3.05) is 0 Å². The fourth-order valence-electron chi connectivity index (χ4n) is 2.65. The van der Waals surface area contributed by atoms with E-state index in [4.69, 9.17) is 4.42 Å². The van der Waals surface area contributed by atoms with Crippen molar-refractivity contribution in [3.8, 4) is 0 Å². The van der Waals surface area contributed by atoms with E-state index < -0.39 is 0 Å². The van der Waals surface area contributed by atoms with Gasteiger partial charge in [-0.15, -0.1) is 0 Å². The summed E-state index contributed by atoms with van der Waals surface area (Å²) in [6, 6.07) is 3.39. The molecule has 0 radical (unpaired) electrons. The van der Waals surface area contributed by atoms with Crippen LogP contribution in [0.15, 0.2) is 16.7 Å². The highest BCUT2D eigenvalue weighted by atomic mass is 16.3. The molecule has 1 saturated carbocycles. The minimum Gasteiger partial charge on any atom is -0.469 e. The van der Waals surface area contributed by atoms with Crippen LogP contribution in [0.5, 0.6) is 0 Å². The zero-order chi connectivity index (χ0) is 10.5. The number of furan rings is 1. The van der Waals surface area contributed by atoms with Crippen LogP contribution < -0.4 is 5.32 Å². The van der Waals surface area contributed by atoms with E-state index in [0.29, 0.717) is 17.5 Å². The third-order valence-corrected chi connectivity index (χ3v) is 3.97. The van der Waals surface area contributed by atoms with Gasteiger partial charge in [0.1, 0.15) is 5.76 Å². The molecule has 1 aromatic heterocycles. The second-order valence-corrected chi connectivity index (χ2v) is 5.66. The summed E-state index contributed by atoms with van der Waals surface area (Å²) in [5, 5.41) is 3.77. The lowest BCUT2D eigenvalue weighted by atomic mass is 9.93. The fraction of sp³-hybridized carbons (Fsp3) is 0.692. The molecule has 2 heteroatoms. The first kappa shape index (κ1) is 9.46. The first-order valence-corrected chi connectivity index (χ1v) is 5.99. The maximum absolute atomic E-state index is 5.50. The molecule has 2 atom stereocenters. The number of fused-ring (bicyclic) bond motifs is 1. The zero-order valence-electron chi connectivity index (χ0n) is 9.55. The van der Waals surface area contributed by atoms with Gasteiger partial charge in [0.2, 0.25) is 0 Å². The van der Waals surface area contributed by atoms with E-state index in [1.807, 2.05) is 6.26 Å². The van der Waals surface area contributed by atoms with E-state index in [-0.39, 0.29) is 0 Å².